The van der Waals surface area contributed by atoms with E-state index in [9.17, 15) is 4.79 Å². The molecule has 0 saturated heterocycles. The van der Waals surface area contributed by atoms with Gasteiger partial charge in [0, 0.05) is 17.6 Å². The fraction of sp³-hybridized carbons (Fsp3) is 0.250. The minimum Gasteiger partial charge on any atom is -0.394 e. The first-order chi connectivity index (χ1) is 8.11. The molecule has 1 aromatic rings. The zero-order valence-electron chi connectivity index (χ0n) is 9.14. The maximum absolute atomic E-state index is 11.3. The van der Waals surface area contributed by atoms with E-state index in [1.165, 1.54) is 6.08 Å². The quantitative estimate of drug-likeness (QED) is 0.683. The Balaban J connectivity index is 2.45. The molecule has 3 N–H and O–H groups in total. The molecule has 1 atom stereocenters. The molecule has 1 rings (SSSR count). The third kappa shape index (κ3) is 5.49. The van der Waals surface area contributed by atoms with Crippen LogP contribution in [0.25, 0.3) is 6.08 Å². The fourth-order valence-electron chi connectivity index (χ4n) is 1.12. The summed E-state index contributed by atoms with van der Waals surface area (Å²) in [5.41, 5.74) is 0.815. The van der Waals surface area contributed by atoms with Gasteiger partial charge in [0.25, 0.3) is 0 Å². The lowest BCUT2D eigenvalue weighted by Crippen LogP contribution is -2.32. The Labute approximate surface area is 105 Å². The molecule has 0 aliphatic carbocycles. The topological polar surface area (TPSA) is 69.6 Å². The molecule has 0 aliphatic heterocycles. The van der Waals surface area contributed by atoms with Gasteiger partial charge in [0.15, 0.2) is 0 Å². The van der Waals surface area contributed by atoms with Gasteiger partial charge in [-0.05, 0) is 23.8 Å². The van der Waals surface area contributed by atoms with Crippen LogP contribution in [0.1, 0.15) is 5.56 Å². The van der Waals surface area contributed by atoms with Crippen LogP contribution in [0.3, 0.4) is 0 Å². The third-order valence-corrected chi connectivity index (χ3v) is 2.23. The first kappa shape index (κ1) is 13.7. The van der Waals surface area contributed by atoms with E-state index in [0.29, 0.717) is 5.02 Å². The zero-order valence-corrected chi connectivity index (χ0v) is 9.89. The van der Waals surface area contributed by atoms with Gasteiger partial charge < -0.3 is 15.5 Å². The van der Waals surface area contributed by atoms with Crippen LogP contribution in [0, 0.1) is 0 Å². The second kappa shape index (κ2) is 7.06. The normalized spacial score (nSPS) is 12.6. The van der Waals surface area contributed by atoms with E-state index in [1.54, 1.807) is 24.3 Å². The van der Waals surface area contributed by atoms with Gasteiger partial charge >= 0.3 is 0 Å². The van der Waals surface area contributed by atoms with Crippen LogP contribution in [0.4, 0.5) is 0 Å². The number of nitrogens with one attached hydrogen (secondary N) is 1. The van der Waals surface area contributed by atoms with Crippen molar-refractivity contribution in [2.75, 3.05) is 13.2 Å². The van der Waals surface area contributed by atoms with Crippen molar-refractivity contribution in [3.8, 4) is 0 Å². The Hall–Kier alpha value is -1.36. The highest BCUT2D eigenvalue weighted by atomic mass is 35.5. The molecule has 0 heterocycles. The lowest BCUT2D eigenvalue weighted by Gasteiger charge is -2.06. The van der Waals surface area contributed by atoms with Crippen LogP contribution in [-0.4, -0.2) is 35.4 Å². The maximum Gasteiger partial charge on any atom is 0.244 e. The van der Waals surface area contributed by atoms with Crippen molar-refractivity contribution in [1.29, 1.82) is 0 Å². The molecule has 92 valence electrons. The first-order valence-corrected chi connectivity index (χ1v) is 5.50. The van der Waals surface area contributed by atoms with E-state index in [4.69, 9.17) is 21.8 Å². The summed E-state index contributed by atoms with van der Waals surface area (Å²) in [6.45, 7) is -0.354. The van der Waals surface area contributed by atoms with E-state index < -0.39 is 6.10 Å². The largest absolute Gasteiger partial charge is 0.394 e. The average molecular weight is 256 g/mol. The monoisotopic (exact) mass is 255 g/mol. The van der Waals surface area contributed by atoms with Crippen molar-refractivity contribution < 1.29 is 15.0 Å². The second-order valence-corrected chi connectivity index (χ2v) is 3.91. The molecule has 0 saturated carbocycles. The number of carbonyl (C=O) groups is 1. The van der Waals surface area contributed by atoms with Gasteiger partial charge in [-0.2, -0.15) is 0 Å². The minimum atomic E-state index is -0.932. The average Bonchev–Trinajstić information content (AvgIpc) is 2.33. The number of halogens is 1. The number of benzene rings is 1. The highest BCUT2D eigenvalue weighted by Gasteiger charge is 2.02. The molecule has 5 heteroatoms. The van der Waals surface area contributed by atoms with Gasteiger partial charge in [-0.25, -0.2) is 0 Å². The molecular formula is C12H14ClNO3. The van der Waals surface area contributed by atoms with Gasteiger partial charge in [0.2, 0.25) is 5.91 Å². The summed E-state index contributed by atoms with van der Waals surface area (Å²) >= 11 is 5.79. The van der Waals surface area contributed by atoms with Crippen LogP contribution >= 0.6 is 11.6 Å². The predicted octanol–water partition coefficient (Wildman–Crippen LogP) is 0.823. The van der Waals surface area contributed by atoms with E-state index in [-0.39, 0.29) is 19.1 Å². The highest BCUT2D eigenvalue weighted by Crippen LogP contribution is 2.11. The SMILES string of the molecule is O=C(C=Cc1cccc(Cl)c1)NCC(O)CO. The Morgan fingerprint density at radius 1 is 1.53 bits per heavy atom. The number of carbonyl (C=O) groups excluding carboxylic acids is 1. The van der Waals surface area contributed by atoms with Crippen molar-refractivity contribution in [2.24, 2.45) is 0 Å². The summed E-state index contributed by atoms with van der Waals surface area (Å²) < 4.78 is 0. The number of rotatable bonds is 5. The highest BCUT2D eigenvalue weighted by molar-refractivity contribution is 6.30. The molecule has 1 amide bonds. The standard InChI is InChI=1S/C12H14ClNO3/c13-10-3-1-2-9(6-10)4-5-12(17)14-7-11(16)8-15/h1-6,11,15-16H,7-8H2,(H,14,17). The van der Waals surface area contributed by atoms with Crippen LogP contribution in [0.15, 0.2) is 30.3 Å². The number of aliphatic hydroxyl groups excluding tert-OH is 2. The molecule has 1 unspecified atom stereocenters. The Bertz CT molecular complexity index is 406. The second-order valence-electron chi connectivity index (χ2n) is 3.47. The molecule has 0 spiro atoms. The summed E-state index contributed by atoms with van der Waals surface area (Å²) in [4.78, 5) is 11.3. The van der Waals surface area contributed by atoms with Crippen LogP contribution < -0.4 is 5.32 Å². The van der Waals surface area contributed by atoms with Gasteiger partial charge in [0.05, 0.1) is 12.7 Å². The van der Waals surface area contributed by atoms with Gasteiger partial charge in [-0.15, -0.1) is 0 Å². The van der Waals surface area contributed by atoms with Crippen molar-refractivity contribution in [2.45, 2.75) is 6.10 Å². The summed E-state index contributed by atoms with van der Waals surface area (Å²) in [5, 5.41) is 20.6. The molecule has 4 nitrogen and oxygen atoms in total. The zero-order chi connectivity index (χ0) is 12.7. The molecule has 17 heavy (non-hydrogen) atoms. The van der Waals surface area contributed by atoms with Crippen molar-refractivity contribution in [3.05, 3.63) is 40.9 Å². The Morgan fingerprint density at radius 3 is 2.94 bits per heavy atom. The smallest absolute Gasteiger partial charge is 0.244 e. The summed E-state index contributed by atoms with van der Waals surface area (Å²) in [5.74, 6) is -0.336. The number of amides is 1. The summed E-state index contributed by atoms with van der Waals surface area (Å²) in [6.07, 6.45) is 2.03. The van der Waals surface area contributed by atoms with Gasteiger partial charge in [-0.3, -0.25) is 4.79 Å². The van der Waals surface area contributed by atoms with E-state index >= 15 is 0 Å². The van der Waals surface area contributed by atoms with E-state index in [0.717, 1.165) is 5.56 Å². The first-order valence-electron chi connectivity index (χ1n) is 5.12. The molecule has 0 fully saturated rings. The van der Waals surface area contributed by atoms with Crippen LogP contribution in [0.5, 0.6) is 0 Å². The molecule has 0 bridgehead atoms. The van der Waals surface area contributed by atoms with Gasteiger partial charge in [-0.1, -0.05) is 23.7 Å². The van der Waals surface area contributed by atoms with Crippen LogP contribution in [-0.2, 0) is 4.79 Å². The lowest BCUT2D eigenvalue weighted by molar-refractivity contribution is -0.117. The van der Waals surface area contributed by atoms with Crippen molar-refractivity contribution in [1.82, 2.24) is 5.32 Å². The minimum absolute atomic E-state index is 0.0230. The summed E-state index contributed by atoms with van der Waals surface area (Å²) in [7, 11) is 0. The molecule has 0 radical (unpaired) electrons. The van der Waals surface area contributed by atoms with Crippen molar-refractivity contribution >= 4 is 23.6 Å². The Morgan fingerprint density at radius 2 is 2.29 bits per heavy atom. The molecule has 0 aromatic heterocycles. The predicted molar refractivity (Wildman–Crippen MR) is 66.6 cm³/mol. The lowest BCUT2D eigenvalue weighted by atomic mass is 10.2. The van der Waals surface area contributed by atoms with Crippen molar-refractivity contribution in [3.63, 3.8) is 0 Å². The van der Waals surface area contributed by atoms with E-state index in [2.05, 4.69) is 5.32 Å². The number of hydrogen-bond acceptors (Lipinski definition) is 3. The third-order valence-electron chi connectivity index (χ3n) is 2.00. The number of hydrogen-bond donors (Lipinski definition) is 3. The van der Waals surface area contributed by atoms with Crippen LogP contribution in [0.2, 0.25) is 5.02 Å². The maximum atomic E-state index is 11.3. The van der Waals surface area contributed by atoms with Gasteiger partial charge in [0.1, 0.15) is 0 Å². The summed E-state index contributed by atoms with van der Waals surface area (Å²) in [6, 6.07) is 7.08. The molecule has 1 aromatic carbocycles. The number of aliphatic hydroxyl groups is 2. The molecular weight excluding hydrogens is 242 g/mol. The van der Waals surface area contributed by atoms with E-state index in [1.807, 2.05) is 6.07 Å². The Kier molecular flexibility index (Phi) is 5.69. The fourth-order valence-corrected chi connectivity index (χ4v) is 1.32. The molecule has 0 aliphatic rings.